The van der Waals surface area contributed by atoms with Crippen molar-refractivity contribution in [1.82, 2.24) is 0 Å². The Morgan fingerprint density at radius 2 is 1.91 bits per heavy atom. The molecule has 0 unspecified atom stereocenters. The lowest BCUT2D eigenvalue weighted by atomic mass is 10.2. The van der Waals surface area contributed by atoms with Gasteiger partial charge in [0, 0.05) is 0 Å². The maximum absolute atomic E-state index is 10.9. The highest BCUT2D eigenvalue weighted by molar-refractivity contribution is 5.89. The van der Waals surface area contributed by atoms with Gasteiger partial charge in [-0.25, -0.2) is 4.79 Å². The fraction of sp³-hybridized carbons (Fsp3) is 0.125. The zero-order valence-electron chi connectivity index (χ0n) is 6.33. The summed E-state index contributed by atoms with van der Waals surface area (Å²) >= 11 is 0. The number of benzene rings is 1. The summed E-state index contributed by atoms with van der Waals surface area (Å²) in [7, 11) is 1.36. The smallest absolute Gasteiger partial charge is 0.337 e. The molecule has 0 aliphatic carbocycles. The molecule has 3 N–H and O–H groups in total. The molecular formula is C8H10NO2+. The minimum Gasteiger partial charge on any atom is -0.465 e. The van der Waals surface area contributed by atoms with Crippen LogP contribution in [-0.4, -0.2) is 13.1 Å². The number of carbonyl (C=O) groups is 1. The Morgan fingerprint density at radius 3 is 2.36 bits per heavy atom. The third-order valence-corrected chi connectivity index (χ3v) is 1.38. The Morgan fingerprint density at radius 1 is 1.36 bits per heavy atom. The van der Waals surface area contributed by atoms with Crippen molar-refractivity contribution in [2.45, 2.75) is 0 Å². The van der Waals surface area contributed by atoms with Crippen molar-refractivity contribution in [3.05, 3.63) is 29.8 Å². The van der Waals surface area contributed by atoms with Gasteiger partial charge >= 0.3 is 5.97 Å². The molecule has 0 aromatic heterocycles. The van der Waals surface area contributed by atoms with Crippen LogP contribution in [0.25, 0.3) is 0 Å². The summed E-state index contributed by atoms with van der Waals surface area (Å²) in [6.45, 7) is 0. The van der Waals surface area contributed by atoms with Gasteiger partial charge in [-0.1, -0.05) is 0 Å². The fourth-order valence-corrected chi connectivity index (χ4v) is 0.759. The molecule has 0 amide bonds. The molecule has 0 saturated heterocycles. The van der Waals surface area contributed by atoms with Crippen LogP contribution < -0.4 is 5.73 Å². The van der Waals surface area contributed by atoms with Gasteiger partial charge in [0.25, 0.3) is 0 Å². The maximum Gasteiger partial charge on any atom is 0.337 e. The minimum absolute atomic E-state index is 0.315. The first kappa shape index (κ1) is 7.75. The number of esters is 1. The van der Waals surface area contributed by atoms with Gasteiger partial charge in [-0.3, -0.25) is 0 Å². The Hall–Kier alpha value is -1.35. The molecule has 0 aliphatic rings. The predicted octanol–water partition coefficient (Wildman–Crippen LogP) is 0.347. The second-order valence-corrected chi connectivity index (χ2v) is 2.19. The van der Waals surface area contributed by atoms with Crippen LogP contribution in [-0.2, 0) is 4.74 Å². The Bertz CT molecular complexity index is 253. The van der Waals surface area contributed by atoms with E-state index in [0.29, 0.717) is 5.56 Å². The highest BCUT2D eigenvalue weighted by Gasteiger charge is 2.03. The van der Waals surface area contributed by atoms with E-state index in [1.807, 2.05) is 0 Å². The molecule has 0 aliphatic heterocycles. The molecule has 11 heavy (non-hydrogen) atoms. The summed E-state index contributed by atoms with van der Waals surface area (Å²) in [5.74, 6) is -0.315. The molecule has 1 aromatic rings. The highest BCUT2D eigenvalue weighted by Crippen LogP contribution is 2.04. The van der Waals surface area contributed by atoms with E-state index < -0.39 is 0 Å². The lowest BCUT2D eigenvalue weighted by molar-refractivity contribution is -0.254. The van der Waals surface area contributed by atoms with Gasteiger partial charge < -0.3 is 10.5 Å². The maximum atomic E-state index is 10.9. The predicted molar refractivity (Wildman–Crippen MR) is 40.3 cm³/mol. The van der Waals surface area contributed by atoms with E-state index in [0.717, 1.165) is 5.69 Å². The van der Waals surface area contributed by atoms with Gasteiger partial charge in [-0.15, -0.1) is 0 Å². The van der Waals surface area contributed by atoms with Crippen LogP contribution in [0.15, 0.2) is 24.3 Å². The van der Waals surface area contributed by atoms with Crippen LogP contribution in [0.4, 0.5) is 5.69 Å². The summed E-state index contributed by atoms with van der Waals surface area (Å²) in [4.78, 5) is 10.9. The van der Waals surface area contributed by atoms with Gasteiger partial charge in [-0.2, -0.15) is 0 Å². The average Bonchev–Trinajstić information content (AvgIpc) is 2.05. The van der Waals surface area contributed by atoms with Gasteiger partial charge in [0.2, 0.25) is 0 Å². The van der Waals surface area contributed by atoms with Crippen molar-refractivity contribution in [3.8, 4) is 0 Å². The molecular weight excluding hydrogens is 142 g/mol. The summed E-state index contributed by atoms with van der Waals surface area (Å²) in [6, 6.07) is 6.92. The topological polar surface area (TPSA) is 53.9 Å². The number of methoxy groups -OCH3 is 1. The first-order chi connectivity index (χ1) is 5.24. The van der Waals surface area contributed by atoms with E-state index in [9.17, 15) is 4.79 Å². The zero-order valence-corrected chi connectivity index (χ0v) is 6.33. The van der Waals surface area contributed by atoms with E-state index >= 15 is 0 Å². The van der Waals surface area contributed by atoms with Crippen molar-refractivity contribution >= 4 is 11.7 Å². The van der Waals surface area contributed by atoms with Gasteiger partial charge in [0.05, 0.1) is 12.7 Å². The lowest BCUT2D eigenvalue weighted by Crippen LogP contribution is -2.39. The van der Waals surface area contributed by atoms with Crippen molar-refractivity contribution in [3.63, 3.8) is 0 Å². The number of hydrogen-bond acceptors (Lipinski definition) is 2. The van der Waals surface area contributed by atoms with Crippen LogP contribution in [0.5, 0.6) is 0 Å². The van der Waals surface area contributed by atoms with E-state index in [1.54, 1.807) is 24.3 Å². The second-order valence-electron chi connectivity index (χ2n) is 2.19. The van der Waals surface area contributed by atoms with Gasteiger partial charge in [0.15, 0.2) is 0 Å². The first-order valence-electron chi connectivity index (χ1n) is 3.24. The number of quaternary nitrogens is 1. The summed E-state index contributed by atoms with van der Waals surface area (Å²) in [5.41, 5.74) is 5.14. The largest absolute Gasteiger partial charge is 0.465 e. The molecule has 0 bridgehead atoms. The summed E-state index contributed by atoms with van der Waals surface area (Å²) in [6.07, 6.45) is 0. The van der Waals surface area contributed by atoms with E-state index in [1.165, 1.54) is 7.11 Å². The first-order valence-corrected chi connectivity index (χ1v) is 3.24. The molecule has 0 radical (unpaired) electrons. The lowest BCUT2D eigenvalue weighted by Gasteiger charge is -1.96. The number of rotatable bonds is 1. The van der Waals surface area contributed by atoms with Gasteiger partial charge in [0.1, 0.15) is 5.69 Å². The Labute approximate surface area is 64.8 Å². The number of ether oxygens (including phenoxy) is 1. The van der Waals surface area contributed by atoms with Crippen LogP contribution in [0.2, 0.25) is 0 Å². The van der Waals surface area contributed by atoms with Crippen LogP contribution in [0.1, 0.15) is 10.4 Å². The number of carbonyl (C=O) groups excluding carboxylic acids is 1. The molecule has 0 spiro atoms. The molecule has 0 heterocycles. The molecule has 0 saturated carbocycles. The summed E-state index contributed by atoms with van der Waals surface area (Å²) in [5, 5.41) is 0. The third kappa shape index (κ3) is 1.78. The zero-order chi connectivity index (χ0) is 8.27. The highest BCUT2D eigenvalue weighted by atomic mass is 16.5. The van der Waals surface area contributed by atoms with Crippen LogP contribution in [0.3, 0.4) is 0 Å². The minimum atomic E-state index is -0.315. The van der Waals surface area contributed by atoms with E-state index in [4.69, 9.17) is 0 Å². The van der Waals surface area contributed by atoms with Crippen molar-refractivity contribution in [2.24, 2.45) is 0 Å². The average molecular weight is 152 g/mol. The quantitative estimate of drug-likeness (QED) is 0.590. The third-order valence-electron chi connectivity index (χ3n) is 1.38. The van der Waals surface area contributed by atoms with Crippen molar-refractivity contribution in [2.75, 3.05) is 7.11 Å². The molecule has 1 rings (SSSR count). The van der Waals surface area contributed by atoms with Gasteiger partial charge in [-0.05, 0) is 24.3 Å². The molecule has 1 aromatic carbocycles. The Balaban J connectivity index is 2.90. The van der Waals surface area contributed by atoms with E-state index in [2.05, 4.69) is 10.5 Å². The molecule has 0 fully saturated rings. The van der Waals surface area contributed by atoms with Crippen LogP contribution >= 0.6 is 0 Å². The summed E-state index contributed by atoms with van der Waals surface area (Å²) < 4.78 is 4.52. The SMILES string of the molecule is COC(=O)c1ccc([NH3+])cc1. The standard InChI is InChI=1S/C8H9NO2/c1-11-8(10)6-2-4-7(9)5-3-6/h2-5H,9H2,1H3/p+1. The number of hydrogen-bond donors (Lipinski definition) is 1. The Kier molecular flexibility index (Phi) is 2.23. The molecule has 0 atom stereocenters. The van der Waals surface area contributed by atoms with E-state index in [-0.39, 0.29) is 5.97 Å². The van der Waals surface area contributed by atoms with Crippen molar-refractivity contribution in [1.29, 1.82) is 0 Å². The van der Waals surface area contributed by atoms with Crippen molar-refractivity contribution < 1.29 is 15.3 Å². The normalized spacial score (nSPS) is 9.27. The fourth-order valence-electron chi connectivity index (χ4n) is 0.759. The second kappa shape index (κ2) is 3.16. The molecule has 3 nitrogen and oxygen atoms in total. The monoisotopic (exact) mass is 152 g/mol. The molecule has 3 heteroatoms. The van der Waals surface area contributed by atoms with Crippen LogP contribution in [0, 0.1) is 0 Å². The molecule has 58 valence electrons.